The van der Waals surface area contributed by atoms with Crippen molar-refractivity contribution in [1.29, 1.82) is 0 Å². The number of benzene rings is 2. The predicted molar refractivity (Wildman–Crippen MR) is 107 cm³/mol. The number of anilines is 1. The number of nitrogens with zero attached hydrogens (tertiary/aromatic N) is 1. The van der Waals surface area contributed by atoms with Crippen LogP contribution in [0.5, 0.6) is 5.75 Å². The third-order valence-corrected chi connectivity index (χ3v) is 6.94. The van der Waals surface area contributed by atoms with E-state index < -0.39 is 21.7 Å². The molecular weight excluding hydrogens is 446 g/mol. The molecule has 1 fully saturated rings. The van der Waals surface area contributed by atoms with Crippen molar-refractivity contribution in [3.8, 4) is 5.75 Å². The minimum atomic E-state index is -3.95. The summed E-state index contributed by atoms with van der Waals surface area (Å²) in [6.45, 7) is 0.878. The number of methoxy groups -OCH3 is 1. The van der Waals surface area contributed by atoms with Crippen LogP contribution >= 0.6 is 23.2 Å². The molecule has 0 aromatic heterocycles. The number of nitrogens with one attached hydrogen (secondary N) is 1. The Morgan fingerprint density at radius 1 is 1.17 bits per heavy atom. The van der Waals surface area contributed by atoms with Gasteiger partial charge in [-0.25, -0.2) is 12.8 Å². The van der Waals surface area contributed by atoms with Gasteiger partial charge in [0.1, 0.15) is 4.90 Å². The summed E-state index contributed by atoms with van der Waals surface area (Å²) in [5.41, 5.74) is 0.0380. The first-order valence-electron chi connectivity index (χ1n) is 8.46. The second-order valence-electron chi connectivity index (χ2n) is 6.08. The zero-order valence-corrected chi connectivity index (χ0v) is 17.6. The molecule has 0 bridgehead atoms. The first-order chi connectivity index (χ1) is 13.7. The minimum absolute atomic E-state index is 0.0198. The Bertz CT molecular complexity index is 1040. The predicted octanol–water partition coefficient (Wildman–Crippen LogP) is 3.41. The van der Waals surface area contributed by atoms with E-state index in [1.165, 1.54) is 29.6 Å². The number of halogens is 3. The molecule has 7 nitrogen and oxygen atoms in total. The fourth-order valence-corrected chi connectivity index (χ4v) is 5.01. The number of ether oxygens (including phenoxy) is 2. The average Bonchev–Trinajstić information content (AvgIpc) is 2.68. The van der Waals surface area contributed by atoms with Gasteiger partial charge in [-0.1, -0.05) is 23.2 Å². The monoisotopic (exact) mass is 462 g/mol. The lowest BCUT2D eigenvalue weighted by atomic mass is 10.2. The van der Waals surface area contributed by atoms with Crippen LogP contribution in [0.2, 0.25) is 10.0 Å². The standard InChI is InChI=1S/C18H17Cl2FN2O5S/c1-27-16-3-2-11(8-15(16)21)22-18(24)12-9-17(14(20)10-13(12)19)29(25,26)23-4-6-28-7-5-23/h2-3,8-10H,4-7H2,1H3,(H,22,24). The molecule has 2 aromatic rings. The van der Waals surface area contributed by atoms with E-state index in [9.17, 15) is 17.6 Å². The zero-order valence-electron chi connectivity index (χ0n) is 15.2. The summed E-state index contributed by atoms with van der Waals surface area (Å²) in [5, 5.41) is 2.34. The Morgan fingerprint density at radius 3 is 2.48 bits per heavy atom. The molecule has 3 rings (SSSR count). The lowest BCUT2D eigenvalue weighted by Crippen LogP contribution is -2.40. The lowest BCUT2D eigenvalue weighted by Gasteiger charge is -2.26. The molecule has 0 radical (unpaired) electrons. The molecule has 2 aromatic carbocycles. The third-order valence-electron chi connectivity index (χ3n) is 4.26. The van der Waals surface area contributed by atoms with Gasteiger partial charge in [0.25, 0.3) is 5.91 Å². The summed E-state index contributed by atoms with van der Waals surface area (Å²) in [7, 11) is -2.63. The van der Waals surface area contributed by atoms with E-state index in [0.29, 0.717) is 0 Å². The van der Waals surface area contributed by atoms with Crippen LogP contribution in [0, 0.1) is 5.82 Å². The van der Waals surface area contributed by atoms with Crippen LogP contribution in [0.15, 0.2) is 35.2 Å². The van der Waals surface area contributed by atoms with Crippen LogP contribution in [-0.4, -0.2) is 52.0 Å². The van der Waals surface area contributed by atoms with Gasteiger partial charge >= 0.3 is 0 Å². The van der Waals surface area contributed by atoms with Crippen molar-refractivity contribution in [2.24, 2.45) is 0 Å². The van der Waals surface area contributed by atoms with E-state index in [1.807, 2.05) is 0 Å². The van der Waals surface area contributed by atoms with Crippen LogP contribution in [-0.2, 0) is 14.8 Å². The first kappa shape index (κ1) is 21.8. The Labute approximate surface area is 177 Å². The van der Waals surface area contributed by atoms with E-state index in [2.05, 4.69) is 5.32 Å². The summed E-state index contributed by atoms with van der Waals surface area (Å²) in [4.78, 5) is 12.4. The maximum Gasteiger partial charge on any atom is 0.257 e. The molecule has 0 unspecified atom stereocenters. The number of carbonyl (C=O) groups excluding carboxylic acids is 1. The van der Waals surface area contributed by atoms with Crippen LogP contribution in [0.4, 0.5) is 10.1 Å². The van der Waals surface area contributed by atoms with E-state index in [1.54, 1.807) is 0 Å². The molecular formula is C18H17Cl2FN2O5S. The second-order valence-corrected chi connectivity index (χ2v) is 8.80. The largest absolute Gasteiger partial charge is 0.494 e. The molecule has 1 N–H and O–H groups in total. The molecule has 1 heterocycles. The fourth-order valence-electron chi connectivity index (χ4n) is 2.77. The highest BCUT2D eigenvalue weighted by molar-refractivity contribution is 7.89. The fraction of sp³-hybridized carbons (Fsp3) is 0.278. The topological polar surface area (TPSA) is 84.9 Å². The molecule has 156 valence electrons. The highest BCUT2D eigenvalue weighted by Crippen LogP contribution is 2.31. The summed E-state index contributed by atoms with van der Waals surface area (Å²) >= 11 is 12.2. The molecule has 0 aliphatic carbocycles. The normalized spacial score (nSPS) is 15.2. The van der Waals surface area contributed by atoms with Crippen molar-refractivity contribution in [2.75, 3.05) is 38.7 Å². The van der Waals surface area contributed by atoms with E-state index in [-0.39, 0.29) is 58.2 Å². The summed E-state index contributed by atoms with van der Waals surface area (Å²) in [5.74, 6) is -1.36. The van der Waals surface area contributed by atoms with Crippen molar-refractivity contribution in [2.45, 2.75) is 4.90 Å². The van der Waals surface area contributed by atoms with Gasteiger partial charge in [-0.2, -0.15) is 4.31 Å². The van der Waals surface area contributed by atoms with E-state index in [4.69, 9.17) is 32.7 Å². The summed E-state index contributed by atoms with van der Waals surface area (Å²) < 4.78 is 50.9. The van der Waals surface area contributed by atoms with Crippen LogP contribution in [0.1, 0.15) is 10.4 Å². The molecule has 1 saturated heterocycles. The van der Waals surface area contributed by atoms with Gasteiger partial charge in [-0.15, -0.1) is 0 Å². The van der Waals surface area contributed by atoms with E-state index in [0.717, 1.165) is 12.1 Å². The number of rotatable bonds is 5. The van der Waals surface area contributed by atoms with Gasteiger partial charge in [0.05, 0.1) is 35.9 Å². The van der Waals surface area contributed by atoms with E-state index >= 15 is 0 Å². The number of amides is 1. The molecule has 29 heavy (non-hydrogen) atoms. The van der Waals surface area contributed by atoms with Crippen molar-refractivity contribution in [1.82, 2.24) is 4.31 Å². The Morgan fingerprint density at radius 2 is 1.86 bits per heavy atom. The number of hydrogen-bond acceptors (Lipinski definition) is 5. The SMILES string of the molecule is COc1ccc(NC(=O)c2cc(S(=O)(=O)N3CCOCC3)c(Cl)cc2Cl)cc1F. The van der Waals surface area contributed by atoms with Gasteiger partial charge in [0.15, 0.2) is 11.6 Å². The highest BCUT2D eigenvalue weighted by Gasteiger charge is 2.30. The molecule has 11 heteroatoms. The molecule has 1 aliphatic heterocycles. The number of hydrogen-bond donors (Lipinski definition) is 1. The Balaban J connectivity index is 1.92. The number of morpholine rings is 1. The molecule has 0 saturated carbocycles. The van der Waals surface area contributed by atoms with Crippen molar-refractivity contribution in [3.63, 3.8) is 0 Å². The maximum atomic E-state index is 13.8. The third kappa shape index (κ3) is 4.65. The highest BCUT2D eigenvalue weighted by atomic mass is 35.5. The molecule has 0 atom stereocenters. The Kier molecular flexibility index (Phi) is 6.65. The average molecular weight is 463 g/mol. The van der Waals surface area contributed by atoms with Gasteiger partial charge in [-0.05, 0) is 24.3 Å². The summed E-state index contributed by atoms with van der Waals surface area (Å²) in [6, 6.07) is 6.17. The van der Waals surface area contributed by atoms with Gasteiger partial charge in [0, 0.05) is 24.8 Å². The van der Waals surface area contributed by atoms with Crippen molar-refractivity contribution >= 4 is 44.8 Å². The second kappa shape index (κ2) is 8.85. The zero-order chi connectivity index (χ0) is 21.2. The quantitative estimate of drug-likeness (QED) is 0.735. The smallest absolute Gasteiger partial charge is 0.257 e. The van der Waals surface area contributed by atoms with Crippen molar-refractivity contribution in [3.05, 3.63) is 51.8 Å². The maximum absolute atomic E-state index is 13.8. The lowest BCUT2D eigenvalue weighted by molar-refractivity contribution is 0.0730. The van der Waals surface area contributed by atoms with Crippen molar-refractivity contribution < 1.29 is 27.1 Å². The Hall–Kier alpha value is -1.91. The minimum Gasteiger partial charge on any atom is -0.494 e. The molecule has 1 amide bonds. The van der Waals surface area contributed by atoms with Crippen LogP contribution in [0.3, 0.4) is 0 Å². The number of carbonyl (C=O) groups is 1. The van der Waals surface area contributed by atoms with Gasteiger partial charge in [-0.3, -0.25) is 4.79 Å². The van der Waals surface area contributed by atoms with Gasteiger partial charge in [0.2, 0.25) is 10.0 Å². The summed E-state index contributed by atoms with van der Waals surface area (Å²) in [6.07, 6.45) is 0. The van der Waals surface area contributed by atoms with Crippen LogP contribution < -0.4 is 10.1 Å². The molecule has 0 spiro atoms. The van der Waals surface area contributed by atoms with Gasteiger partial charge < -0.3 is 14.8 Å². The number of sulfonamides is 1. The first-order valence-corrected chi connectivity index (χ1v) is 10.7. The van der Waals surface area contributed by atoms with Crippen LogP contribution in [0.25, 0.3) is 0 Å². The molecule has 1 aliphatic rings.